The van der Waals surface area contributed by atoms with E-state index in [4.69, 9.17) is 4.74 Å². The largest absolute Gasteiger partial charge is 0.473 e. The Kier molecular flexibility index (Phi) is 6.08. The number of anilines is 1. The molecule has 1 saturated carbocycles. The maximum atomic E-state index is 12.9. The number of halogens is 3. The number of rotatable bonds is 4. The standard InChI is InChI=1S/C19H24F3N7O2/c1-27-18(30)26-16(12-24-27)31-14-4-2-13(3-5-14)28-8-10-29(11-9-28)17-23-7-6-15(25-17)19(20,21)22/h6-7,12-14H,2-5,8-11H2,1H3. The molecule has 2 fully saturated rings. The molecule has 0 aromatic carbocycles. The molecular formula is C19H24F3N7O2. The molecule has 3 heterocycles. The Labute approximate surface area is 176 Å². The van der Waals surface area contributed by atoms with E-state index in [-0.39, 0.29) is 17.9 Å². The lowest BCUT2D eigenvalue weighted by Gasteiger charge is -2.41. The summed E-state index contributed by atoms with van der Waals surface area (Å²) in [5.41, 5.74) is -1.37. The Balaban J connectivity index is 1.27. The van der Waals surface area contributed by atoms with Crippen LogP contribution in [0.2, 0.25) is 0 Å². The number of aryl methyl sites for hydroxylation is 1. The normalized spacial score (nSPS) is 23.0. The second-order valence-electron chi connectivity index (χ2n) is 7.81. The maximum absolute atomic E-state index is 12.9. The highest BCUT2D eigenvalue weighted by Crippen LogP contribution is 2.29. The first-order valence-electron chi connectivity index (χ1n) is 10.3. The van der Waals surface area contributed by atoms with Crippen LogP contribution in [0.15, 0.2) is 23.3 Å². The molecule has 0 unspecified atom stereocenters. The molecule has 0 spiro atoms. The molecule has 0 amide bonds. The summed E-state index contributed by atoms with van der Waals surface area (Å²) in [6, 6.07) is 1.29. The average molecular weight is 439 g/mol. The van der Waals surface area contributed by atoms with Crippen LogP contribution in [0.5, 0.6) is 5.88 Å². The first-order chi connectivity index (χ1) is 14.8. The fraction of sp³-hybridized carbons (Fsp3) is 0.632. The molecule has 0 bridgehead atoms. The minimum Gasteiger partial charge on any atom is -0.473 e. The highest BCUT2D eigenvalue weighted by molar-refractivity contribution is 5.31. The third-order valence-corrected chi connectivity index (χ3v) is 5.80. The van der Waals surface area contributed by atoms with Crippen LogP contribution in [0.4, 0.5) is 19.1 Å². The van der Waals surface area contributed by atoms with Crippen LogP contribution in [0, 0.1) is 0 Å². The second-order valence-corrected chi connectivity index (χ2v) is 7.81. The SMILES string of the molecule is Cn1ncc(OC2CCC(N3CCN(c4nccc(C(F)(F)F)n4)CC3)CC2)nc1=O. The van der Waals surface area contributed by atoms with E-state index in [1.54, 1.807) is 4.90 Å². The first kappa shape index (κ1) is 21.5. The summed E-state index contributed by atoms with van der Waals surface area (Å²) in [5, 5.41) is 3.91. The number of aromatic nitrogens is 5. The summed E-state index contributed by atoms with van der Waals surface area (Å²) < 4.78 is 45.7. The Morgan fingerprint density at radius 1 is 1.06 bits per heavy atom. The Morgan fingerprint density at radius 2 is 1.77 bits per heavy atom. The summed E-state index contributed by atoms with van der Waals surface area (Å²) >= 11 is 0. The van der Waals surface area contributed by atoms with Crippen LogP contribution in [0.25, 0.3) is 0 Å². The van der Waals surface area contributed by atoms with E-state index in [9.17, 15) is 18.0 Å². The zero-order valence-electron chi connectivity index (χ0n) is 17.1. The minimum absolute atomic E-state index is 0.00236. The van der Waals surface area contributed by atoms with E-state index >= 15 is 0 Å². The van der Waals surface area contributed by atoms with Gasteiger partial charge in [-0.1, -0.05) is 0 Å². The summed E-state index contributed by atoms with van der Waals surface area (Å²) in [4.78, 5) is 27.3. The van der Waals surface area contributed by atoms with Crippen LogP contribution in [0.1, 0.15) is 31.4 Å². The number of ether oxygens (including phenoxy) is 1. The maximum Gasteiger partial charge on any atom is 0.433 e. The van der Waals surface area contributed by atoms with E-state index < -0.39 is 17.6 Å². The molecule has 2 aromatic rings. The number of hydrogen-bond acceptors (Lipinski definition) is 8. The van der Waals surface area contributed by atoms with Gasteiger partial charge in [-0.2, -0.15) is 23.3 Å². The molecule has 0 atom stereocenters. The third-order valence-electron chi connectivity index (χ3n) is 5.80. The van der Waals surface area contributed by atoms with Gasteiger partial charge in [0.2, 0.25) is 11.8 Å². The van der Waals surface area contributed by atoms with E-state index in [0.717, 1.165) is 55.7 Å². The first-order valence-corrected chi connectivity index (χ1v) is 10.3. The van der Waals surface area contributed by atoms with Crippen molar-refractivity contribution < 1.29 is 17.9 Å². The van der Waals surface area contributed by atoms with Crippen LogP contribution in [-0.4, -0.2) is 68.0 Å². The molecule has 31 heavy (non-hydrogen) atoms. The third kappa shape index (κ3) is 5.12. The van der Waals surface area contributed by atoms with Gasteiger partial charge in [0.25, 0.3) is 0 Å². The predicted octanol–water partition coefficient (Wildman–Crippen LogP) is 1.50. The molecule has 1 aliphatic carbocycles. The molecule has 2 aromatic heterocycles. The summed E-state index contributed by atoms with van der Waals surface area (Å²) in [5.74, 6) is 0.378. The van der Waals surface area contributed by atoms with E-state index in [1.165, 1.54) is 13.2 Å². The van der Waals surface area contributed by atoms with Gasteiger partial charge >= 0.3 is 11.9 Å². The summed E-state index contributed by atoms with van der Waals surface area (Å²) in [6.07, 6.45) is 1.72. The molecule has 2 aliphatic rings. The molecule has 9 nitrogen and oxygen atoms in total. The van der Waals surface area contributed by atoms with Gasteiger partial charge in [0.05, 0.1) is 0 Å². The number of hydrogen-bond donors (Lipinski definition) is 0. The van der Waals surface area contributed by atoms with Crippen molar-refractivity contribution in [2.24, 2.45) is 7.05 Å². The van der Waals surface area contributed by atoms with Gasteiger partial charge in [-0.05, 0) is 31.7 Å². The minimum atomic E-state index is -4.47. The van der Waals surface area contributed by atoms with Crippen molar-refractivity contribution >= 4 is 5.95 Å². The number of nitrogens with zero attached hydrogens (tertiary/aromatic N) is 7. The fourth-order valence-electron chi connectivity index (χ4n) is 4.08. The molecule has 4 rings (SSSR count). The van der Waals surface area contributed by atoms with Crippen molar-refractivity contribution in [3.05, 3.63) is 34.6 Å². The second kappa shape index (κ2) is 8.77. The predicted molar refractivity (Wildman–Crippen MR) is 105 cm³/mol. The molecule has 1 saturated heterocycles. The van der Waals surface area contributed by atoms with Crippen molar-refractivity contribution in [1.82, 2.24) is 29.6 Å². The topological polar surface area (TPSA) is 89.3 Å². The number of alkyl halides is 3. The van der Waals surface area contributed by atoms with Gasteiger partial charge in [0.1, 0.15) is 18.0 Å². The molecular weight excluding hydrogens is 415 g/mol. The lowest BCUT2D eigenvalue weighted by Crippen LogP contribution is -2.52. The van der Waals surface area contributed by atoms with Crippen molar-refractivity contribution in [2.75, 3.05) is 31.1 Å². The lowest BCUT2D eigenvalue weighted by atomic mass is 9.91. The molecule has 168 valence electrons. The highest BCUT2D eigenvalue weighted by Gasteiger charge is 2.34. The molecule has 12 heteroatoms. The molecule has 0 radical (unpaired) electrons. The lowest BCUT2D eigenvalue weighted by molar-refractivity contribution is -0.141. The highest BCUT2D eigenvalue weighted by atomic mass is 19.4. The van der Waals surface area contributed by atoms with Crippen molar-refractivity contribution in [2.45, 2.75) is 44.0 Å². The monoisotopic (exact) mass is 439 g/mol. The Morgan fingerprint density at radius 3 is 2.42 bits per heavy atom. The van der Waals surface area contributed by atoms with Gasteiger partial charge in [0.15, 0.2) is 0 Å². The van der Waals surface area contributed by atoms with Crippen molar-refractivity contribution in [3.63, 3.8) is 0 Å². The van der Waals surface area contributed by atoms with Gasteiger partial charge in [-0.15, -0.1) is 0 Å². The van der Waals surface area contributed by atoms with Crippen LogP contribution in [-0.2, 0) is 13.2 Å². The Hall–Kier alpha value is -2.76. The number of piperazine rings is 1. The van der Waals surface area contributed by atoms with Gasteiger partial charge < -0.3 is 9.64 Å². The van der Waals surface area contributed by atoms with Gasteiger partial charge in [-0.25, -0.2) is 19.4 Å². The van der Waals surface area contributed by atoms with E-state index in [2.05, 4.69) is 25.0 Å². The zero-order chi connectivity index (χ0) is 22.0. The van der Waals surface area contributed by atoms with Crippen LogP contribution < -0.4 is 15.3 Å². The summed E-state index contributed by atoms with van der Waals surface area (Å²) in [6.45, 7) is 2.66. The summed E-state index contributed by atoms with van der Waals surface area (Å²) in [7, 11) is 1.53. The van der Waals surface area contributed by atoms with E-state index in [1.807, 2.05) is 0 Å². The smallest absolute Gasteiger partial charge is 0.433 e. The van der Waals surface area contributed by atoms with Crippen molar-refractivity contribution in [3.8, 4) is 5.88 Å². The average Bonchev–Trinajstić information content (AvgIpc) is 2.77. The zero-order valence-corrected chi connectivity index (χ0v) is 17.1. The van der Waals surface area contributed by atoms with E-state index in [0.29, 0.717) is 19.1 Å². The quantitative estimate of drug-likeness (QED) is 0.708. The fourth-order valence-corrected chi connectivity index (χ4v) is 4.08. The van der Waals surface area contributed by atoms with Gasteiger partial charge in [-0.3, -0.25) is 4.90 Å². The molecule has 1 aliphatic heterocycles. The van der Waals surface area contributed by atoms with Crippen LogP contribution in [0.3, 0.4) is 0 Å². The molecule has 0 N–H and O–H groups in total. The van der Waals surface area contributed by atoms with Crippen LogP contribution >= 0.6 is 0 Å². The van der Waals surface area contributed by atoms with Crippen molar-refractivity contribution in [1.29, 1.82) is 0 Å². The van der Waals surface area contributed by atoms with Gasteiger partial charge in [0, 0.05) is 45.5 Å². The Bertz CT molecular complexity index is 952.